The molecule has 0 bridgehead atoms. The Kier molecular flexibility index (Phi) is 3.13. The molecule has 2 aromatic rings. The molecular formula is C13H16N2O2. The van der Waals surface area contributed by atoms with Gasteiger partial charge >= 0.3 is 0 Å². The maximum atomic E-state index is 12.2. The van der Waals surface area contributed by atoms with Crippen LogP contribution in [0.2, 0.25) is 0 Å². The van der Waals surface area contributed by atoms with Crippen LogP contribution in [0.4, 0.5) is 0 Å². The maximum Gasteiger partial charge on any atom is 0.213 e. The fourth-order valence-corrected chi connectivity index (χ4v) is 1.82. The highest BCUT2D eigenvalue weighted by atomic mass is 16.5. The van der Waals surface area contributed by atoms with E-state index in [0.717, 1.165) is 17.5 Å². The fourth-order valence-electron chi connectivity index (χ4n) is 1.82. The zero-order chi connectivity index (χ0) is 12.4. The molecule has 0 amide bonds. The fraction of sp³-hybridized carbons (Fsp3) is 0.385. The quantitative estimate of drug-likeness (QED) is 0.882. The van der Waals surface area contributed by atoms with Gasteiger partial charge in [-0.25, -0.2) is 4.98 Å². The first-order valence-corrected chi connectivity index (χ1v) is 5.67. The van der Waals surface area contributed by atoms with Crippen LogP contribution in [0.15, 0.2) is 23.1 Å². The topological polar surface area (TPSA) is 55.0 Å². The monoisotopic (exact) mass is 232 g/mol. The summed E-state index contributed by atoms with van der Waals surface area (Å²) in [5.74, 6) is 0.906. The average Bonchev–Trinajstić information content (AvgIpc) is 2.32. The predicted molar refractivity (Wildman–Crippen MR) is 67.5 cm³/mol. The van der Waals surface area contributed by atoms with Crippen molar-refractivity contribution in [1.29, 1.82) is 0 Å². The Morgan fingerprint density at radius 2 is 2.18 bits per heavy atom. The predicted octanol–water partition coefficient (Wildman–Crippen LogP) is 2.13. The van der Waals surface area contributed by atoms with E-state index in [2.05, 4.69) is 23.8 Å². The van der Waals surface area contributed by atoms with Gasteiger partial charge in [-0.2, -0.15) is 0 Å². The van der Waals surface area contributed by atoms with E-state index in [1.165, 1.54) is 0 Å². The van der Waals surface area contributed by atoms with Gasteiger partial charge in [0.1, 0.15) is 5.52 Å². The van der Waals surface area contributed by atoms with Crippen molar-refractivity contribution in [3.63, 3.8) is 0 Å². The van der Waals surface area contributed by atoms with Crippen LogP contribution >= 0.6 is 0 Å². The van der Waals surface area contributed by atoms with Crippen molar-refractivity contribution in [2.75, 3.05) is 7.11 Å². The normalized spacial score (nSPS) is 11.1. The van der Waals surface area contributed by atoms with Crippen molar-refractivity contribution in [3.8, 4) is 5.88 Å². The minimum absolute atomic E-state index is 0.00801. The Morgan fingerprint density at radius 1 is 1.41 bits per heavy atom. The summed E-state index contributed by atoms with van der Waals surface area (Å²) in [4.78, 5) is 19.5. The molecule has 0 fully saturated rings. The summed E-state index contributed by atoms with van der Waals surface area (Å²) >= 11 is 0. The minimum Gasteiger partial charge on any atom is -0.481 e. The molecule has 2 heterocycles. The van der Waals surface area contributed by atoms with Crippen molar-refractivity contribution < 1.29 is 4.74 Å². The third-order valence-corrected chi connectivity index (χ3v) is 2.62. The molecule has 0 saturated carbocycles. The Labute approximate surface area is 99.7 Å². The lowest BCUT2D eigenvalue weighted by Gasteiger charge is -2.06. The van der Waals surface area contributed by atoms with E-state index in [1.54, 1.807) is 19.4 Å². The van der Waals surface area contributed by atoms with Crippen molar-refractivity contribution in [3.05, 3.63) is 34.1 Å². The molecule has 2 aromatic heterocycles. The summed E-state index contributed by atoms with van der Waals surface area (Å²) in [6, 6.07) is 3.54. The number of nitrogens with one attached hydrogen (secondary N) is 1. The average molecular weight is 232 g/mol. The van der Waals surface area contributed by atoms with Crippen LogP contribution in [0.1, 0.15) is 19.4 Å². The molecule has 0 spiro atoms. The number of hydrogen-bond acceptors (Lipinski definition) is 3. The van der Waals surface area contributed by atoms with E-state index in [-0.39, 0.29) is 5.43 Å². The molecule has 0 aliphatic carbocycles. The van der Waals surface area contributed by atoms with Gasteiger partial charge in [0.2, 0.25) is 11.3 Å². The lowest BCUT2D eigenvalue weighted by atomic mass is 10.0. The summed E-state index contributed by atoms with van der Waals surface area (Å²) < 4.78 is 5.03. The van der Waals surface area contributed by atoms with Crippen LogP contribution in [0.5, 0.6) is 5.88 Å². The maximum absolute atomic E-state index is 12.2. The second kappa shape index (κ2) is 4.57. The van der Waals surface area contributed by atoms with E-state index in [9.17, 15) is 4.79 Å². The van der Waals surface area contributed by atoms with Gasteiger partial charge in [0.05, 0.1) is 12.6 Å². The first-order chi connectivity index (χ1) is 8.11. The molecule has 90 valence electrons. The Balaban J connectivity index is 2.60. The van der Waals surface area contributed by atoms with Gasteiger partial charge in [-0.05, 0) is 18.4 Å². The van der Waals surface area contributed by atoms with Crippen LogP contribution in [-0.2, 0) is 6.42 Å². The molecule has 2 rings (SSSR count). The van der Waals surface area contributed by atoms with Gasteiger partial charge in [0, 0.05) is 17.8 Å². The molecule has 0 aromatic carbocycles. The third-order valence-electron chi connectivity index (χ3n) is 2.62. The Morgan fingerprint density at radius 3 is 2.82 bits per heavy atom. The van der Waals surface area contributed by atoms with Crippen LogP contribution < -0.4 is 10.2 Å². The van der Waals surface area contributed by atoms with Gasteiger partial charge < -0.3 is 9.72 Å². The number of H-pyrrole nitrogens is 1. The zero-order valence-electron chi connectivity index (χ0n) is 10.3. The molecule has 0 aliphatic heterocycles. The van der Waals surface area contributed by atoms with Crippen LogP contribution in [0.3, 0.4) is 0 Å². The molecule has 4 nitrogen and oxygen atoms in total. The number of aromatic nitrogens is 2. The SMILES string of the molecule is COc1ccc2[nH]cc(CC(C)C)c(=O)c2n1. The molecule has 17 heavy (non-hydrogen) atoms. The van der Waals surface area contributed by atoms with Gasteiger partial charge in [-0.15, -0.1) is 0 Å². The van der Waals surface area contributed by atoms with E-state index in [1.807, 2.05) is 6.07 Å². The zero-order valence-corrected chi connectivity index (χ0v) is 10.3. The number of hydrogen-bond donors (Lipinski definition) is 1. The standard InChI is InChI=1S/C13H16N2O2/c1-8(2)6-9-7-14-10-4-5-11(17-3)15-12(10)13(9)16/h4-5,7-8H,6H2,1-3H3,(H,14,16). The number of fused-ring (bicyclic) bond motifs is 1. The van der Waals surface area contributed by atoms with Crippen LogP contribution in [0, 0.1) is 5.92 Å². The highest BCUT2D eigenvalue weighted by Gasteiger charge is 2.08. The summed E-state index contributed by atoms with van der Waals surface area (Å²) in [6.45, 7) is 4.17. The largest absolute Gasteiger partial charge is 0.481 e. The number of methoxy groups -OCH3 is 1. The lowest BCUT2D eigenvalue weighted by Crippen LogP contribution is -2.13. The van der Waals surface area contributed by atoms with Crippen molar-refractivity contribution in [1.82, 2.24) is 9.97 Å². The summed E-state index contributed by atoms with van der Waals surface area (Å²) in [5.41, 5.74) is 1.95. The highest BCUT2D eigenvalue weighted by molar-refractivity contribution is 5.74. The molecule has 0 aliphatic rings. The number of rotatable bonds is 3. The van der Waals surface area contributed by atoms with Crippen LogP contribution in [0.25, 0.3) is 11.0 Å². The Hall–Kier alpha value is -1.84. The van der Waals surface area contributed by atoms with Gasteiger partial charge in [0.25, 0.3) is 0 Å². The van der Waals surface area contributed by atoms with E-state index < -0.39 is 0 Å². The van der Waals surface area contributed by atoms with Gasteiger partial charge in [0.15, 0.2) is 0 Å². The smallest absolute Gasteiger partial charge is 0.213 e. The van der Waals surface area contributed by atoms with E-state index >= 15 is 0 Å². The van der Waals surface area contributed by atoms with Crippen molar-refractivity contribution in [2.45, 2.75) is 20.3 Å². The van der Waals surface area contributed by atoms with E-state index in [4.69, 9.17) is 4.74 Å². The summed E-state index contributed by atoms with van der Waals surface area (Å²) in [5, 5.41) is 0. The third kappa shape index (κ3) is 2.30. The minimum atomic E-state index is -0.00801. The lowest BCUT2D eigenvalue weighted by molar-refractivity contribution is 0.399. The van der Waals surface area contributed by atoms with Crippen LogP contribution in [-0.4, -0.2) is 17.1 Å². The summed E-state index contributed by atoms with van der Waals surface area (Å²) in [7, 11) is 1.54. The summed E-state index contributed by atoms with van der Waals surface area (Å²) in [6.07, 6.45) is 2.53. The van der Waals surface area contributed by atoms with Crippen molar-refractivity contribution in [2.24, 2.45) is 5.92 Å². The van der Waals surface area contributed by atoms with E-state index in [0.29, 0.717) is 17.3 Å². The molecule has 0 atom stereocenters. The van der Waals surface area contributed by atoms with Gasteiger partial charge in [-0.1, -0.05) is 13.8 Å². The molecule has 0 unspecified atom stereocenters. The first-order valence-electron chi connectivity index (χ1n) is 5.67. The highest BCUT2D eigenvalue weighted by Crippen LogP contribution is 2.13. The second-order valence-electron chi connectivity index (χ2n) is 4.49. The number of nitrogens with zero attached hydrogens (tertiary/aromatic N) is 1. The molecular weight excluding hydrogens is 216 g/mol. The second-order valence-corrected chi connectivity index (χ2v) is 4.49. The number of ether oxygens (including phenoxy) is 1. The Bertz CT molecular complexity index is 587. The first kappa shape index (κ1) is 11.6. The van der Waals surface area contributed by atoms with Gasteiger partial charge in [-0.3, -0.25) is 4.79 Å². The van der Waals surface area contributed by atoms with Crippen molar-refractivity contribution >= 4 is 11.0 Å². The molecule has 4 heteroatoms. The number of aromatic amines is 1. The number of pyridine rings is 2. The molecule has 0 saturated heterocycles. The molecule has 1 N–H and O–H groups in total. The molecule has 0 radical (unpaired) electrons.